The number of benzene rings is 1. The van der Waals surface area contributed by atoms with Gasteiger partial charge in [-0.05, 0) is 31.0 Å². The lowest BCUT2D eigenvalue weighted by atomic mass is 10.2. The Morgan fingerprint density at radius 3 is 2.76 bits per heavy atom. The van der Waals surface area contributed by atoms with E-state index in [1.54, 1.807) is 25.3 Å². The number of fused-ring (bicyclic) bond motifs is 1. The number of H-pyrrole nitrogens is 1. The Morgan fingerprint density at radius 1 is 1.35 bits per heavy atom. The SMILES string of the molecule is COc1ccc2[nH]c(=O)n(C3CC3)c(=O)c2c1. The van der Waals surface area contributed by atoms with Crippen LogP contribution in [0.2, 0.25) is 0 Å². The molecule has 1 aromatic heterocycles. The second-order valence-electron chi connectivity index (χ2n) is 4.25. The van der Waals surface area contributed by atoms with E-state index >= 15 is 0 Å². The minimum Gasteiger partial charge on any atom is -0.497 e. The third-order valence-corrected chi connectivity index (χ3v) is 3.05. The van der Waals surface area contributed by atoms with Crippen LogP contribution < -0.4 is 16.0 Å². The highest BCUT2D eigenvalue weighted by atomic mass is 16.5. The Morgan fingerprint density at radius 2 is 2.12 bits per heavy atom. The van der Waals surface area contributed by atoms with Gasteiger partial charge in [-0.2, -0.15) is 0 Å². The maximum atomic E-state index is 12.2. The number of rotatable bonds is 2. The number of hydrogen-bond acceptors (Lipinski definition) is 3. The van der Waals surface area contributed by atoms with E-state index in [9.17, 15) is 9.59 Å². The number of nitrogens with one attached hydrogen (secondary N) is 1. The number of methoxy groups -OCH3 is 1. The van der Waals surface area contributed by atoms with Gasteiger partial charge in [0.25, 0.3) is 5.56 Å². The van der Waals surface area contributed by atoms with Gasteiger partial charge in [-0.1, -0.05) is 0 Å². The van der Waals surface area contributed by atoms with Crippen molar-refractivity contribution in [2.45, 2.75) is 18.9 Å². The van der Waals surface area contributed by atoms with Crippen LogP contribution in [0, 0.1) is 0 Å². The number of aromatic nitrogens is 2. The van der Waals surface area contributed by atoms with Gasteiger partial charge < -0.3 is 9.72 Å². The molecular weight excluding hydrogens is 220 g/mol. The second kappa shape index (κ2) is 3.48. The molecule has 1 saturated carbocycles. The van der Waals surface area contributed by atoms with Crippen LogP contribution in [0.3, 0.4) is 0 Å². The molecule has 17 heavy (non-hydrogen) atoms. The molecule has 2 aromatic rings. The molecule has 1 fully saturated rings. The number of aromatic amines is 1. The summed E-state index contributed by atoms with van der Waals surface area (Å²) in [6.07, 6.45) is 1.80. The first kappa shape index (κ1) is 10.1. The van der Waals surface area contributed by atoms with Crippen LogP contribution in [0.15, 0.2) is 27.8 Å². The average Bonchev–Trinajstić information content (AvgIpc) is 3.13. The molecule has 0 amide bonds. The van der Waals surface area contributed by atoms with Crippen molar-refractivity contribution in [1.29, 1.82) is 0 Å². The first-order valence-electron chi connectivity index (χ1n) is 5.53. The van der Waals surface area contributed by atoms with Crippen LogP contribution in [0.25, 0.3) is 10.9 Å². The van der Waals surface area contributed by atoms with Crippen molar-refractivity contribution in [3.05, 3.63) is 39.0 Å². The summed E-state index contributed by atoms with van der Waals surface area (Å²) in [5.74, 6) is 0.615. The van der Waals surface area contributed by atoms with Crippen LogP contribution in [0.4, 0.5) is 0 Å². The van der Waals surface area contributed by atoms with E-state index in [0.29, 0.717) is 16.7 Å². The second-order valence-corrected chi connectivity index (χ2v) is 4.25. The Hall–Kier alpha value is -2.04. The van der Waals surface area contributed by atoms with Crippen LogP contribution in [0.1, 0.15) is 18.9 Å². The fourth-order valence-electron chi connectivity index (χ4n) is 2.00. The Bertz CT molecular complexity index is 695. The summed E-state index contributed by atoms with van der Waals surface area (Å²) in [7, 11) is 1.55. The van der Waals surface area contributed by atoms with Crippen molar-refractivity contribution in [3.8, 4) is 5.75 Å². The van der Waals surface area contributed by atoms with Gasteiger partial charge in [-0.15, -0.1) is 0 Å². The zero-order valence-electron chi connectivity index (χ0n) is 9.40. The third kappa shape index (κ3) is 1.54. The average molecular weight is 232 g/mol. The van der Waals surface area contributed by atoms with Crippen molar-refractivity contribution in [2.24, 2.45) is 0 Å². The van der Waals surface area contributed by atoms with Gasteiger partial charge in [-0.3, -0.25) is 9.36 Å². The van der Waals surface area contributed by atoms with Gasteiger partial charge in [0.15, 0.2) is 0 Å². The summed E-state index contributed by atoms with van der Waals surface area (Å²) in [5, 5.41) is 0.496. The summed E-state index contributed by atoms with van der Waals surface area (Å²) in [4.78, 5) is 26.7. The lowest BCUT2D eigenvalue weighted by Crippen LogP contribution is -2.34. The van der Waals surface area contributed by atoms with Crippen molar-refractivity contribution < 1.29 is 4.74 Å². The van der Waals surface area contributed by atoms with E-state index in [2.05, 4.69) is 4.98 Å². The molecule has 1 N–H and O–H groups in total. The minimum absolute atomic E-state index is 0.0712. The van der Waals surface area contributed by atoms with Gasteiger partial charge in [0.1, 0.15) is 5.75 Å². The highest BCUT2D eigenvalue weighted by Crippen LogP contribution is 2.32. The maximum Gasteiger partial charge on any atom is 0.329 e. The molecule has 0 unspecified atom stereocenters. The molecule has 88 valence electrons. The van der Waals surface area contributed by atoms with Crippen LogP contribution in [-0.4, -0.2) is 16.7 Å². The Kier molecular flexibility index (Phi) is 2.07. The van der Waals surface area contributed by atoms with Crippen molar-refractivity contribution in [1.82, 2.24) is 9.55 Å². The molecule has 5 nitrogen and oxygen atoms in total. The third-order valence-electron chi connectivity index (χ3n) is 3.05. The predicted molar refractivity (Wildman–Crippen MR) is 63.7 cm³/mol. The summed E-state index contributed by atoms with van der Waals surface area (Å²) in [6.45, 7) is 0. The summed E-state index contributed by atoms with van der Waals surface area (Å²) >= 11 is 0. The van der Waals surface area contributed by atoms with Gasteiger partial charge >= 0.3 is 5.69 Å². The van der Waals surface area contributed by atoms with Crippen LogP contribution in [0.5, 0.6) is 5.75 Å². The monoisotopic (exact) mass is 232 g/mol. The lowest BCUT2D eigenvalue weighted by molar-refractivity contribution is 0.415. The molecule has 1 heterocycles. The summed E-state index contributed by atoms with van der Waals surface area (Å²) < 4.78 is 6.39. The smallest absolute Gasteiger partial charge is 0.329 e. The molecule has 5 heteroatoms. The lowest BCUT2D eigenvalue weighted by Gasteiger charge is -2.05. The molecule has 0 atom stereocenters. The molecule has 0 radical (unpaired) electrons. The predicted octanol–water partition coefficient (Wildman–Crippen LogP) is 1.03. The largest absolute Gasteiger partial charge is 0.497 e. The van der Waals surface area contributed by atoms with E-state index < -0.39 is 0 Å². The van der Waals surface area contributed by atoms with E-state index in [-0.39, 0.29) is 17.3 Å². The molecule has 0 saturated heterocycles. The Labute approximate surface area is 96.7 Å². The molecule has 0 aliphatic heterocycles. The minimum atomic E-state index is -0.324. The van der Waals surface area contributed by atoms with Crippen molar-refractivity contribution >= 4 is 10.9 Å². The van der Waals surface area contributed by atoms with Gasteiger partial charge in [0.2, 0.25) is 0 Å². The van der Waals surface area contributed by atoms with Gasteiger partial charge in [-0.25, -0.2) is 4.79 Å². The molecule has 3 rings (SSSR count). The van der Waals surface area contributed by atoms with E-state index in [1.165, 1.54) is 4.57 Å². The molecule has 1 aromatic carbocycles. The van der Waals surface area contributed by atoms with E-state index in [0.717, 1.165) is 12.8 Å². The fraction of sp³-hybridized carbons (Fsp3) is 0.333. The van der Waals surface area contributed by atoms with Crippen molar-refractivity contribution in [3.63, 3.8) is 0 Å². The quantitative estimate of drug-likeness (QED) is 0.841. The Balaban J connectivity index is 2.37. The highest BCUT2D eigenvalue weighted by molar-refractivity contribution is 5.78. The highest BCUT2D eigenvalue weighted by Gasteiger charge is 2.27. The number of hydrogen-bond donors (Lipinski definition) is 1. The van der Waals surface area contributed by atoms with E-state index in [4.69, 9.17) is 4.74 Å². The maximum absolute atomic E-state index is 12.2. The van der Waals surface area contributed by atoms with E-state index in [1.807, 2.05) is 0 Å². The zero-order chi connectivity index (χ0) is 12.0. The molecule has 0 bridgehead atoms. The van der Waals surface area contributed by atoms with Crippen LogP contribution >= 0.6 is 0 Å². The zero-order valence-corrected chi connectivity index (χ0v) is 9.40. The molecule has 1 aliphatic rings. The standard InChI is InChI=1S/C12H12N2O3/c1-17-8-4-5-10-9(6-8)11(15)14(7-2-3-7)12(16)13-10/h4-7H,2-3H2,1H3,(H,13,16). The molecule has 1 aliphatic carbocycles. The summed E-state index contributed by atoms with van der Waals surface area (Å²) in [6, 6.07) is 5.14. The first-order valence-corrected chi connectivity index (χ1v) is 5.53. The molecule has 0 spiro atoms. The number of ether oxygens (including phenoxy) is 1. The summed E-state index contributed by atoms with van der Waals surface area (Å²) in [5.41, 5.74) is -0.00184. The topological polar surface area (TPSA) is 64.1 Å². The number of nitrogens with zero attached hydrogens (tertiary/aromatic N) is 1. The fourth-order valence-corrected chi connectivity index (χ4v) is 2.00. The molecular formula is C12H12N2O3. The van der Waals surface area contributed by atoms with Gasteiger partial charge in [0.05, 0.1) is 18.0 Å². The normalized spacial score (nSPS) is 15.1. The van der Waals surface area contributed by atoms with Crippen molar-refractivity contribution in [2.75, 3.05) is 7.11 Å². The van der Waals surface area contributed by atoms with Crippen LogP contribution in [-0.2, 0) is 0 Å². The van der Waals surface area contributed by atoms with Gasteiger partial charge in [0, 0.05) is 6.04 Å². The first-order chi connectivity index (χ1) is 8.20.